The number of pyridine rings is 1. The minimum atomic E-state index is 0.128. The molecule has 4 heteroatoms. The highest BCUT2D eigenvalue weighted by Crippen LogP contribution is 2.39. The number of nitrogens with zero attached hydrogens (tertiary/aromatic N) is 4. The summed E-state index contributed by atoms with van der Waals surface area (Å²) in [5, 5.41) is 35.4. The van der Waals surface area contributed by atoms with Crippen LogP contribution in [0.4, 0.5) is 0 Å². The van der Waals surface area contributed by atoms with Crippen LogP contribution in [0.25, 0.3) is 48.9 Å². The fourth-order valence-electron chi connectivity index (χ4n) is 4.71. The zero-order valence-electron chi connectivity index (χ0n) is 16.2. The summed E-state index contributed by atoms with van der Waals surface area (Å²) >= 11 is 0. The van der Waals surface area contributed by atoms with Crippen molar-refractivity contribution in [1.29, 1.82) is 15.8 Å². The highest BCUT2D eigenvalue weighted by molar-refractivity contribution is 6.20. The van der Waals surface area contributed by atoms with Gasteiger partial charge in [0.1, 0.15) is 18.2 Å². The van der Waals surface area contributed by atoms with Crippen molar-refractivity contribution in [1.82, 2.24) is 4.40 Å². The van der Waals surface area contributed by atoms with E-state index in [-0.39, 0.29) is 16.7 Å². The average molecular weight is 392 g/mol. The Morgan fingerprint density at radius 2 is 1.19 bits per heavy atom. The molecule has 0 saturated carbocycles. The van der Waals surface area contributed by atoms with Gasteiger partial charge in [0, 0.05) is 16.2 Å². The van der Waals surface area contributed by atoms with E-state index in [0.717, 1.165) is 43.5 Å². The van der Waals surface area contributed by atoms with E-state index in [1.165, 1.54) is 0 Å². The highest BCUT2D eigenvalue weighted by atomic mass is 14.9. The van der Waals surface area contributed by atoms with Crippen molar-refractivity contribution in [2.45, 2.75) is 0 Å². The molecule has 0 bridgehead atoms. The molecule has 6 aromatic rings. The van der Waals surface area contributed by atoms with Gasteiger partial charge in [-0.05, 0) is 46.5 Å². The van der Waals surface area contributed by atoms with Gasteiger partial charge in [0.25, 0.3) is 0 Å². The third kappa shape index (κ3) is 2.15. The zero-order valence-corrected chi connectivity index (χ0v) is 16.2. The molecule has 0 amide bonds. The summed E-state index contributed by atoms with van der Waals surface area (Å²) in [6.07, 6.45) is 0. The molecule has 0 spiro atoms. The molecule has 0 aliphatic heterocycles. The molecule has 0 saturated heterocycles. The van der Waals surface area contributed by atoms with Gasteiger partial charge in [0.2, 0.25) is 0 Å². The molecule has 0 aliphatic carbocycles. The van der Waals surface area contributed by atoms with Crippen LogP contribution in [0.5, 0.6) is 0 Å². The Hall–Kier alpha value is -4.85. The lowest BCUT2D eigenvalue weighted by Gasteiger charge is -2.14. The van der Waals surface area contributed by atoms with Crippen LogP contribution in [0, 0.1) is 34.0 Å². The first kappa shape index (κ1) is 17.0. The van der Waals surface area contributed by atoms with Gasteiger partial charge in [-0.15, -0.1) is 0 Å². The number of benzene rings is 4. The molecule has 2 aromatic heterocycles. The van der Waals surface area contributed by atoms with Gasteiger partial charge in [-0.25, -0.2) is 0 Å². The van der Waals surface area contributed by atoms with Crippen molar-refractivity contribution >= 4 is 48.9 Å². The fourth-order valence-corrected chi connectivity index (χ4v) is 4.71. The number of fused-ring (bicyclic) bond motifs is 9. The fraction of sp³-hybridized carbons (Fsp3) is 0. The molecule has 4 nitrogen and oxygen atoms in total. The Kier molecular flexibility index (Phi) is 3.34. The second-order valence-corrected chi connectivity index (χ2v) is 7.57. The predicted molar refractivity (Wildman–Crippen MR) is 122 cm³/mol. The normalized spacial score (nSPS) is 11.1. The predicted octanol–water partition coefficient (Wildman–Crippen LogP) is 6.17. The highest BCUT2D eigenvalue weighted by Gasteiger charge is 2.20. The first-order valence-electron chi connectivity index (χ1n) is 9.81. The maximum Gasteiger partial charge on any atom is 0.102 e. The lowest BCUT2D eigenvalue weighted by molar-refractivity contribution is 1.33. The van der Waals surface area contributed by atoms with Crippen LogP contribution in [0.3, 0.4) is 0 Å². The van der Waals surface area contributed by atoms with Crippen molar-refractivity contribution in [3.8, 4) is 18.2 Å². The first-order valence-corrected chi connectivity index (χ1v) is 9.81. The summed E-state index contributed by atoms with van der Waals surface area (Å²) in [6, 6.07) is 30.7. The minimum absolute atomic E-state index is 0.128. The molecule has 31 heavy (non-hydrogen) atoms. The van der Waals surface area contributed by atoms with E-state index in [0.29, 0.717) is 5.39 Å². The molecule has 0 N–H and O–H groups in total. The summed E-state index contributed by atoms with van der Waals surface area (Å²) in [4.78, 5) is 0. The molecule has 140 valence electrons. The van der Waals surface area contributed by atoms with E-state index in [4.69, 9.17) is 0 Å². The van der Waals surface area contributed by atoms with E-state index in [2.05, 4.69) is 52.9 Å². The number of para-hydroxylation sites is 1. The minimum Gasteiger partial charge on any atom is -0.309 e. The number of aromatic nitrogens is 1. The van der Waals surface area contributed by atoms with E-state index in [1.807, 2.05) is 36.4 Å². The van der Waals surface area contributed by atoms with Crippen molar-refractivity contribution in [2.24, 2.45) is 0 Å². The standard InChI is InChI=1S/C27H12N4/c28-13-19-12-26-27(23(15-30)22(19)14-29)21-10-17-6-2-1-5-16(17)9-20(21)25-11-18-7-3-4-8-24(18)31(25)26/h1-12H. The smallest absolute Gasteiger partial charge is 0.102 e. The van der Waals surface area contributed by atoms with E-state index in [9.17, 15) is 15.8 Å². The van der Waals surface area contributed by atoms with Crippen LogP contribution in [-0.4, -0.2) is 4.40 Å². The second kappa shape index (κ2) is 6.07. The third-order valence-corrected chi connectivity index (χ3v) is 6.03. The van der Waals surface area contributed by atoms with Crippen LogP contribution < -0.4 is 0 Å². The van der Waals surface area contributed by atoms with Crippen LogP contribution in [0.15, 0.2) is 72.8 Å². The van der Waals surface area contributed by atoms with E-state index >= 15 is 0 Å². The van der Waals surface area contributed by atoms with Crippen molar-refractivity contribution < 1.29 is 0 Å². The van der Waals surface area contributed by atoms with Gasteiger partial charge >= 0.3 is 0 Å². The molecule has 4 aromatic carbocycles. The summed E-state index contributed by atoms with van der Waals surface area (Å²) in [6.45, 7) is 0. The van der Waals surface area contributed by atoms with E-state index in [1.54, 1.807) is 6.07 Å². The van der Waals surface area contributed by atoms with Gasteiger partial charge in [-0.1, -0.05) is 42.5 Å². The topological polar surface area (TPSA) is 75.8 Å². The Morgan fingerprint density at radius 3 is 1.87 bits per heavy atom. The van der Waals surface area contributed by atoms with Crippen LogP contribution in [0.1, 0.15) is 16.7 Å². The summed E-state index contributed by atoms with van der Waals surface area (Å²) in [5.41, 5.74) is 3.35. The number of hydrogen-bond acceptors (Lipinski definition) is 3. The number of rotatable bonds is 0. The molecule has 0 unspecified atom stereocenters. The maximum atomic E-state index is 10.1. The lowest BCUT2D eigenvalue weighted by Crippen LogP contribution is -1.98. The Labute approximate surface area is 177 Å². The van der Waals surface area contributed by atoms with Crippen molar-refractivity contribution in [3.05, 3.63) is 89.5 Å². The Bertz CT molecular complexity index is 1870. The Morgan fingerprint density at radius 1 is 0.548 bits per heavy atom. The number of nitriles is 3. The monoisotopic (exact) mass is 392 g/mol. The van der Waals surface area contributed by atoms with Gasteiger partial charge in [0.15, 0.2) is 0 Å². The van der Waals surface area contributed by atoms with Gasteiger partial charge in [-0.3, -0.25) is 0 Å². The van der Waals surface area contributed by atoms with Crippen LogP contribution >= 0.6 is 0 Å². The maximum absolute atomic E-state index is 10.1. The molecule has 0 fully saturated rings. The van der Waals surface area contributed by atoms with Gasteiger partial charge in [-0.2, -0.15) is 15.8 Å². The molecular formula is C27H12N4. The SMILES string of the molecule is N#Cc1cc2c(c(C#N)c1C#N)c1cc3ccccc3cc1c1cc3ccccc3n12. The van der Waals surface area contributed by atoms with Gasteiger partial charge in [0.05, 0.1) is 33.2 Å². The number of hydrogen-bond donors (Lipinski definition) is 0. The molecule has 0 radical (unpaired) electrons. The molecular weight excluding hydrogens is 380 g/mol. The third-order valence-electron chi connectivity index (χ3n) is 6.03. The largest absolute Gasteiger partial charge is 0.309 e. The summed E-state index contributed by atoms with van der Waals surface area (Å²) in [7, 11) is 0. The summed E-state index contributed by atoms with van der Waals surface area (Å²) < 4.78 is 2.10. The zero-order chi connectivity index (χ0) is 21.1. The molecule has 2 heterocycles. The average Bonchev–Trinajstić information content (AvgIpc) is 3.21. The molecule has 0 atom stereocenters. The van der Waals surface area contributed by atoms with Gasteiger partial charge < -0.3 is 4.40 Å². The molecule has 0 aliphatic rings. The second-order valence-electron chi connectivity index (χ2n) is 7.57. The quantitative estimate of drug-likeness (QED) is 0.229. The van der Waals surface area contributed by atoms with Crippen molar-refractivity contribution in [3.63, 3.8) is 0 Å². The Balaban J connectivity index is 2.05. The lowest BCUT2D eigenvalue weighted by atomic mass is 9.93. The van der Waals surface area contributed by atoms with Crippen LogP contribution in [-0.2, 0) is 0 Å². The van der Waals surface area contributed by atoms with Crippen molar-refractivity contribution in [2.75, 3.05) is 0 Å². The first-order chi connectivity index (χ1) is 15.2. The van der Waals surface area contributed by atoms with E-state index < -0.39 is 0 Å². The van der Waals surface area contributed by atoms with Crippen LogP contribution in [0.2, 0.25) is 0 Å². The summed E-state index contributed by atoms with van der Waals surface area (Å²) in [5.74, 6) is 0. The molecule has 6 rings (SSSR count).